The third-order valence-corrected chi connectivity index (χ3v) is 6.14. The second-order valence-electron chi connectivity index (χ2n) is 5.89. The highest BCUT2D eigenvalue weighted by Crippen LogP contribution is 2.27. The average molecular weight is 427 g/mol. The van der Waals surface area contributed by atoms with E-state index in [4.69, 9.17) is 11.6 Å². The van der Waals surface area contributed by atoms with Crippen LogP contribution >= 0.6 is 23.4 Å². The maximum atomic E-state index is 12.3. The van der Waals surface area contributed by atoms with E-state index in [0.29, 0.717) is 17.1 Å². The first-order valence-corrected chi connectivity index (χ1v) is 11.8. The number of carbonyl (C=O) groups excluding carboxylic acids is 1. The van der Waals surface area contributed by atoms with Gasteiger partial charge in [0.25, 0.3) is 0 Å². The van der Waals surface area contributed by atoms with Crippen molar-refractivity contribution in [1.29, 1.82) is 0 Å². The molecule has 1 amide bonds. The summed E-state index contributed by atoms with van der Waals surface area (Å²) in [5.41, 5.74) is 1.32. The minimum Gasteiger partial charge on any atom is -0.325 e. The molecule has 0 bridgehead atoms. The van der Waals surface area contributed by atoms with Gasteiger partial charge < -0.3 is 5.32 Å². The van der Waals surface area contributed by atoms with Crippen LogP contribution in [0.25, 0.3) is 0 Å². The number of para-hydroxylation sites is 1. The molecule has 1 N–H and O–H groups in total. The Morgan fingerprint density at radius 2 is 1.81 bits per heavy atom. The summed E-state index contributed by atoms with van der Waals surface area (Å²) in [5.74, 6) is 0.779. The number of thioether (sulfide) groups is 1. The van der Waals surface area contributed by atoms with Gasteiger partial charge in [0.1, 0.15) is 0 Å². The fraction of sp³-hybridized carbons (Fsp3) is 0.316. The lowest BCUT2D eigenvalue weighted by Gasteiger charge is -2.22. The quantitative estimate of drug-likeness (QED) is 0.593. The van der Waals surface area contributed by atoms with Crippen LogP contribution in [0, 0.1) is 0 Å². The van der Waals surface area contributed by atoms with E-state index in [2.05, 4.69) is 12.2 Å². The van der Waals surface area contributed by atoms with Crippen LogP contribution in [0.15, 0.2) is 53.4 Å². The summed E-state index contributed by atoms with van der Waals surface area (Å²) in [4.78, 5) is 13.3. The number of halogens is 1. The van der Waals surface area contributed by atoms with Crippen molar-refractivity contribution in [3.8, 4) is 0 Å². The molecule has 0 unspecified atom stereocenters. The lowest BCUT2D eigenvalue weighted by molar-refractivity contribution is -0.116. The molecule has 8 heteroatoms. The van der Waals surface area contributed by atoms with Crippen molar-refractivity contribution >= 4 is 50.7 Å². The molecule has 0 saturated heterocycles. The Balaban J connectivity index is 1.96. The monoisotopic (exact) mass is 426 g/mol. The summed E-state index contributed by atoms with van der Waals surface area (Å²) >= 11 is 7.53. The van der Waals surface area contributed by atoms with Gasteiger partial charge in [-0.05, 0) is 48.6 Å². The topological polar surface area (TPSA) is 66.5 Å². The lowest BCUT2D eigenvalue weighted by Crippen LogP contribution is -2.31. The van der Waals surface area contributed by atoms with Crippen LogP contribution in [0.5, 0.6) is 0 Å². The molecule has 0 aliphatic heterocycles. The number of anilines is 2. The van der Waals surface area contributed by atoms with E-state index in [-0.39, 0.29) is 18.9 Å². The number of hydrogen-bond donors (Lipinski definition) is 1. The number of benzene rings is 2. The minimum atomic E-state index is -3.45. The van der Waals surface area contributed by atoms with Crippen LogP contribution in [-0.2, 0) is 14.8 Å². The van der Waals surface area contributed by atoms with Crippen LogP contribution in [0.1, 0.15) is 19.8 Å². The van der Waals surface area contributed by atoms with Gasteiger partial charge in [-0.1, -0.05) is 30.7 Å². The van der Waals surface area contributed by atoms with Gasteiger partial charge in [0.05, 0.1) is 17.6 Å². The molecule has 5 nitrogen and oxygen atoms in total. The highest BCUT2D eigenvalue weighted by molar-refractivity contribution is 7.99. The van der Waals surface area contributed by atoms with E-state index in [1.165, 1.54) is 4.31 Å². The molecule has 2 aromatic carbocycles. The summed E-state index contributed by atoms with van der Waals surface area (Å²) < 4.78 is 25.5. The number of amides is 1. The Labute approximate surface area is 170 Å². The van der Waals surface area contributed by atoms with Crippen molar-refractivity contribution in [2.75, 3.05) is 28.2 Å². The van der Waals surface area contributed by atoms with E-state index in [0.717, 1.165) is 22.6 Å². The highest BCUT2D eigenvalue weighted by atomic mass is 35.5. The van der Waals surface area contributed by atoms with Gasteiger partial charge in [-0.3, -0.25) is 9.10 Å². The molecule has 0 fully saturated rings. The predicted molar refractivity (Wildman–Crippen MR) is 114 cm³/mol. The zero-order valence-corrected chi connectivity index (χ0v) is 17.7. The van der Waals surface area contributed by atoms with Crippen LogP contribution in [0.2, 0.25) is 5.02 Å². The summed E-state index contributed by atoms with van der Waals surface area (Å²) in [7, 11) is -3.45. The molecule has 0 radical (unpaired) electrons. The first-order chi connectivity index (χ1) is 12.8. The van der Waals surface area contributed by atoms with Gasteiger partial charge in [-0.25, -0.2) is 8.42 Å². The lowest BCUT2D eigenvalue weighted by atomic mass is 10.2. The van der Waals surface area contributed by atoms with Crippen LogP contribution in [0.3, 0.4) is 0 Å². The number of nitrogens with one attached hydrogen (secondary N) is 1. The van der Waals surface area contributed by atoms with Crippen molar-refractivity contribution < 1.29 is 13.2 Å². The maximum absolute atomic E-state index is 12.3. The third kappa shape index (κ3) is 6.75. The second kappa shape index (κ2) is 10.0. The zero-order valence-electron chi connectivity index (χ0n) is 15.3. The van der Waals surface area contributed by atoms with Crippen LogP contribution in [0.4, 0.5) is 11.4 Å². The highest BCUT2D eigenvalue weighted by Gasteiger charge is 2.17. The first-order valence-electron chi connectivity index (χ1n) is 8.56. The number of sulfonamides is 1. The number of rotatable bonds is 9. The molecule has 0 aromatic heterocycles. The minimum absolute atomic E-state index is 0.135. The Bertz CT molecular complexity index is 871. The van der Waals surface area contributed by atoms with Crippen molar-refractivity contribution in [1.82, 2.24) is 0 Å². The van der Waals surface area contributed by atoms with Crippen molar-refractivity contribution in [2.24, 2.45) is 0 Å². The van der Waals surface area contributed by atoms with Crippen molar-refractivity contribution in [2.45, 2.75) is 24.7 Å². The summed E-state index contributed by atoms with van der Waals surface area (Å²) in [6, 6.07) is 14.2. The largest absolute Gasteiger partial charge is 0.325 e. The van der Waals surface area contributed by atoms with E-state index in [9.17, 15) is 13.2 Å². The van der Waals surface area contributed by atoms with Gasteiger partial charge in [-0.15, -0.1) is 11.8 Å². The third-order valence-electron chi connectivity index (χ3n) is 3.74. The molecule has 2 aromatic rings. The molecule has 146 valence electrons. The fourth-order valence-corrected chi connectivity index (χ4v) is 4.39. The zero-order chi connectivity index (χ0) is 19.9. The Hall–Kier alpha value is -1.70. The van der Waals surface area contributed by atoms with Gasteiger partial charge >= 0.3 is 0 Å². The standard InChI is InChI=1S/C19H23ClN2O3S2/c1-3-26-18-8-5-4-7-17(18)21-19(23)9-6-14-22(27(2,24)25)16-12-10-15(20)11-13-16/h4-5,7-8,10-13H,3,6,9,14H2,1-2H3,(H,21,23). The van der Waals surface area contributed by atoms with Crippen molar-refractivity contribution in [3.63, 3.8) is 0 Å². The number of hydrogen-bond acceptors (Lipinski definition) is 4. The van der Waals surface area contributed by atoms with Gasteiger partial charge in [0.2, 0.25) is 15.9 Å². The summed E-state index contributed by atoms with van der Waals surface area (Å²) in [6.07, 6.45) is 1.79. The maximum Gasteiger partial charge on any atom is 0.232 e. The molecule has 0 aliphatic rings. The van der Waals surface area contributed by atoms with Gasteiger partial charge in [0, 0.05) is 22.9 Å². The number of nitrogens with zero attached hydrogens (tertiary/aromatic N) is 1. The van der Waals surface area contributed by atoms with Crippen LogP contribution < -0.4 is 9.62 Å². The van der Waals surface area contributed by atoms with Gasteiger partial charge in [0.15, 0.2) is 0 Å². The Morgan fingerprint density at radius 3 is 2.44 bits per heavy atom. The molecule has 0 heterocycles. The van der Waals surface area contributed by atoms with Crippen molar-refractivity contribution in [3.05, 3.63) is 53.6 Å². The molecular formula is C19H23ClN2O3S2. The van der Waals surface area contributed by atoms with E-state index < -0.39 is 10.0 Å². The fourth-order valence-electron chi connectivity index (χ4n) is 2.54. The predicted octanol–water partition coefficient (Wildman–Crippen LogP) is 4.64. The Kier molecular flexibility index (Phi) is 8.01. The SMILES string of the molecule is CCSc1ccccc1NC(=O)CCCN(c1ccc(Cl)cc1)S(C)(=O)=O. The molecule has 0 spiro atoms. The van der Waals surface area contributed by atoms with E-state index in [1.807, 2.05) is 24.3 Å². The molecule has 27 heavy (non-hydrogen) atoms. The molecule has 0 saturated carbocycles. The summed E-state index contributed by atoms with van der Waals surface area (Å²) in [5, 5.41) is 3.45. The molecule has 0 atom stereocenters. The van der Waals surface area contributed by atoms with Gasteiger partial charge in [-0.2, -0.15) is 0 Å². The van der Waals surface area contributed by atoms with Crippen LogP contribution in [-0.4, -0.2) is 32.9 Å². The summed E-state index contributed by atoms with van der Waals surface area (Å²) in [6.45, 7) is 2.28. The molecule has 0 aliphatic carbocycles. The normalized spacial score (nSPS) is 11.2. The smallest absolute Gasteiger partial charge is 0.232 e. The van der Waals surface area contributed by atoms with E-state index >= 15 is 0 Å². The number of carbonyl (C=O) groups is 1. The average Bonchev–Trinajstić information content (AvgIpc) is 2.61. The molecule has 2 rings (SSSR count). The second-order valence-corrected chi connectivity index (χ2v) is 9.54. The Morgan fingerprint density at radius 1 is 1.15 bits per heavy atom. The van der Waals surface area contributed by atoms with E-state index in [1.54, 1.807) is 36.0 Å². The first kappa shape index (κ1) is 21.6. The molecular weight excluding hydrogens is 404 g/mol.